The molecule has 0 aromatic carbocycles. The Labute approximate surface area is 82.6 Å². The van der Waals surface area contributed by atoms with Crippen LogP contribution in [-0.2, 0) is 0 Å². The number of halogens is 1. The molecular weight excluding hydrogens is 240 g/mol. The summed E-state index contributed by atoms with van der Waals surface area (Å²) in [5.74, 6) is -0.161. The fourth-order valence-corrected chi connectivity index (χ4v) is 1.77. The van der Waals surface area contributed by atoms with E-state index in [9.17, 15) is 4.79 Å². The number of nitrogens with zero attached hydrogens (tertiary/aromatic N) is 1. The number of aromatic nitrogens is 1. The maximum absolute atomic E-state index is 11.2. The van der Waals surface area contributed by atoms with E-state index in [1.807, 2.05) is 0 Å². The Morgan fingerprint density at radius 3 is 3.17 bits per heavy atom. The van der Waals surface area contributed by atoms with Crippen molar-refractivity contribution in [2.75, 3.05) is 6.54 Å². The average molecular weight is 247 g/mol. The Balaban J connectivity index is 2.59. The Morgan fingerprint density at radius 1 is 1.92 bits per heavy atom. The molecule has 0 saturated heterocycles. The Bertz CT molecular complexity index is 297. The zero-order chi connectivity index (χ0) is 8.97. The highest BCUT2D eigenvalue weighted by Gasteiger charge is 2.07. The van der Waals surface area contributed by atoms with E-state index < -0.39 is 0 Å². The second kappa shape index (κ2) is 4.37. The zero-order valence-electron chi connectivity index (χ0n) is 6.21. The number of carbonyl (C=O) groups is 1. The first-order valence-electron chi connectivity index (χ1n) is 3.24. The lowest BCUT2D eigenvalue weighted by molar-refractivity contribution is 0.0957. The molecule has 1 aromatic rings. The SMILES string of the molecule is C=CCNC(=O)c1nc(Br)cs1. The maximum atomic E-state index is 11.2. The van der Waals surface area contributed by atoms with Crippen LogP contribution in [0.3, 0.4) is 0 Å². The molecule has 64 valence electrons. The van der Waals surface area contributed by atoms with E-state index in [0.29, 0.717) is 16.2 Å². The molecule has 0 unspecified atom stereocenters. The van der Waals surface area contributed by atoms with Crippen LogP contribution in [0.2, 0.25) is 0 Å². The zero-order valence-corrected chi connectivity index (χ0v) is 8.61. The van der Waals surface area contributed by atoms with E-state index >= 15 is 0 Å². The molecule has 0 saturated carbocycles. The molecule has 1 aromatic heterocycles. The molecule has 0 spiro atoms. The highest BCUT2D eigenvalue weighted by Crippen LogP contribution is 2.14. The minimum atomic E-state index is -0.161. The third-order valence-electron chi connectivity index (χ3n) is 1.08. The van der Waals surface area contributed by atoms with Crippen molar-refractivity contribution in [2.45, 2.75) is 0 Å². The van der Waals surface area contributed by atoms with Gasteiger partial charge in [-0.05, 0) is 15.9 Å². The number of rotatable bonds is 3. The average Bonchev–Trinajstić information content (AvgIpc) is 2.47. The van der Waals surface area contributed by atoms with Crippen molar-refractivity contribution in [3.8, 4) is 0 Å². The van der Waals surface area contributed by atoms with E-state index in [-0.39, 0.29) is 5.91 Å². The van der Waals surface area contributed by atoms with Gasteiger partial charge in [0.15, 0.2) is 5.01 Å². The van der Waals surface area contributed by atoms with Gasteiger partial charge in [0.25, 0.3) is 5.91 Å². The molecule has 0 radical (unpaired) electrons. The van der Waals surface area contributed by atoms with Gasteiger partial charge in [0.1, 0.15) is 4.60 Å². The van der Waals surface area contributed by atoms with Gasteiger partial charge in [0.05, 0.1) is 0 Å². The second-order valence-electron chi connectivity index (χ2n) is 1.97. The molecule has 1 heterocycles. The molecule has 0 atom stereocenters. The summed E-state index contributed by atoms with van der Waals surface area (Å²) in [5.41, 5.74) is 0. The van der Waals surface area contributed by atoms with Crippen LogP contribution in [0.4, 0.5) is 0 Å². The van der Waals surface area contributed by atoms with Crippen molar-refractivity contribution in [3.63, 3.8) is 0 Å². The van der Waals surface area contributed by atoms with Gasteiger partial charge in [-0.15, -0.1) is 17.9 Å². The van der Waals surface area contributed by atoms with Crippen molar-refractivity contribution >= 4 is 33.2 Å². The second-order valence-corrected chi connectivity index (χ2v) is 3.64. The Hall–Kier alpha value is -0.680. The summed E-state index contributed by atoms with van der Waals surface area (Å²) >= 11 is 4.47. The smallest absolute Gasteiger partial charge is 0.280 e. The lowest BCUT2D eigenvalue weighted by Crippen LogP contribution is -2.22. The molecule has 0 bridgehead atoms. The van der Waals surface area contributed by atoms with Crippen LogP contribution in [0.25, 0.3) is 0 Å². The van der Waals surface area contributed by atoms with Crippen LogP contribution in [0.15, 0.2) is 22.6 Å². The number of nitrogens with one attached hydrogen (secondary N) is 1. The van der Waals surface area contributed by atoms with Gasteiger partial charge in [0.2, 0.25) is 0 Å². The number of amides is 1. The first-order chi connectivity index (χ1) is 5.74. The normalized spacial score (nSPS) is 9.42. The van der Waals surface area contributed by atoms with Crippen molar-refractivity contribution in [2.24, 2.45) is 0 Å². The van der Waals surface area contributed by atoms with Crippen molar-refractivity contribution in [1.82, 2.24) is 10.3 Å². The van der Waals surface area contributed by atoms with E-state index in [1.54, 1.807) is 11.5 Å². The molecule has 0 aliphatic carbocycles. The minimum absolute atomic E-state index is 0.161. The highest BCUT2D eigenvalue weighted by molar-refractivity contribution is 9.10. The predicted molar refractivity (Wildman–Crippen MR) is 52.3 cm³/mol. The molecule has 12 heavy (non-hydrogen) atoms. The summed E-state index contributed by atoms with van der Waals surface area (Å²) in [7, 11) is 0. The first kappa shape index (κ1) is 9.41. The highest BCUT2D eigenvalue weighted by atomic mass is 79.9. The van der Waals surface area contributed by atoms with Crippen LogP contribution in [-0.4, -0.2) is 17.4 Å². The van der Waals surface area contributed by atoms with Gasteiger partial charge in [0, 0.05) is 11.9 Å². The van der Waals surface area contributed by atoms with Crippen LogP contribution in [0.5, 0.6) is 0 Å². The summed E-state index contributed by atoms with van der Waals surface area (Å²) in [6.07, 6.45) is 1.63. The fourth-order valence-electron chi connectivity index (χ4n) is 0.599. The third kappa shape index (κ3) is 2.42. The molecule has 1 rings (SSSR count). The quantitative estimate of drug-likeness (QED) is 0.828. The number of hydrogen-bond acceptors (Lipinski definition) is 3. The fraction of sp³-hybridized carbons (Fsp3) is 0.143. The summed E-state index contributed by atoms with van der Waals surface area (Å²) < 4.78 is 0.691. The predicted octanol–water partition coefficient (Wildman–Crippen LogP) is 1.82. The van der Waals surface area contributed by atoms with Crippen molar-refractivity contribution in [1.29, 1.82) is 0 Å². The summed E-state index contributed by atoms with van der Waals surface area (Å²) in [6.45, 7) is 3.96. The van der Waals surface area contributed by atoms with E-state index in [2.05, 4.69) is 32.8 Å². The maximum Gasteiger partial charge on any atom is 0.280 e. The van der Waals surface area contributed by atoms with Crippen LogP contribution in [0.1, 0.15) is 9.80 Å². The Morgan fingerprint density at radius 2 is 2.67 bits per heavy atom. The van der Waals surface area contributed by atoms with Gasteiger partial charge in [-0.3, -0.25) is 4.79 Å². The Kier molecular flexibility index (Phi) is 3.43. The molecular formula is C7H7BrN2OS. The molecule has 0 fully saturated rings. The summed E-state index contributed by atoms with van der Waals surface area (Å²) in [6, 6.07) is 0. The lowest BCUT2D eigenvalue weighted by Gasteiger charge is -1.95. The van der Waals surface area contributed by atoms with Gasteiger partial charge < -0.3 is 5.32 Å². The van der Waals surface area contributed by atoms with Crippen LogP contribution in [0, 0.1) is 0 Å². The van der Waals surface area contributed by atoms with Gasteiger partial charge in [-0.2, -0.15) is 0 Å². The van der Waals surface area contributed by atoms with Crippen LogP contribution >= 0.6 is 27.3 Å². The first-order valence-corrected chi connectivity index (χ1v) is 4.91. The minimum Gasteiger partial charge on any atom is -0.347 e. The van der Waals surface area contributed by atoms with E-state index in [4.69, 9.17) is 0 Å². The molecule has 1 amide bonds. The number of thiazole rings is 1. The third-order valence-corrected chi connectivity index (χ3v) is 2.63. The van der Waals surface area contributed by atoms with Gasteiger partial charge in [-0.1, -0.05) is 6.08 Å². The lowest BCUT2D eigenvalue weighted by atomic mass is 10.5. The summed E-state index contributed by atoms with van der Waals surface area (Å²) in [5, 5.41) is 4.86. The van der Waals surface area contributed by atoms with E-state index in [0.717, 1.165) is 0 Å². The number of carbonyl (C=O) groups excluding carboxylic acids is 1. The van der Waals surface area contributed by atoms with E-state index in [1.165, 1.54) is 11.3 Å². The largest absolute Gasteiger partial charge is 0.347 e. The number of hydrogen-bond donors (Lipinski definition) is 1. The molecule has 0 aliphatic heterocycles. The van der Waals surface area contributed by atoms with Crippen LogP contribution < -0.4 is 5.32 Å². The monoisotopic (exact) mass is 246 g/mol. The molecule has 1 N–H and O–H groups in total. The summed E-state index contributed by atoms with van der Waals surface area (Å²) in [4.78, 5) is 15.1. The van der Waals surface area contributed by atoms with Crippen molar-refractivity contribution in [3.05, 3.63) is 27.6 Å². The van der Waals surface area contributed by atoms with Gasteiger partial charge in [-0.25, -0.2) is 4.98 Å². The van der Waals surface area contributed by atoms with Gasteiger partial charge >= 0.3 is 0 Å². The molecule has 3 nitrogen and oxygen atoms in total. The van der Waals surface area contributed by atoms with Crippen molar-refractivity contribution < 1.29 is 4.79 Å². The molecule has 5 heteroatoms. The topological polar surface area (TPSA) is 42.0 Å². The molecule has 0 aliphatic rings. The standard InChI is InChI=1S/C7H7BrN2OS/c1-2-3-9-6(11)7-10-5(8)4-12-7/h2,4H,1,3H2,(H,9,11).